The molecule has 0 spiro atoms. The molecule has 0 aliphatic carbocycles. The highest BCUT2D eigenvalue weighted by Crippen LogP contribution is 2.21. The average molecular weight is 367 g/mol. The molecule has 0 aliphatic heterocycles. The first-order chi connectivity index (χ1) is 11.7. The third-order valence-electron chi connectivity index (χ3n) is 3.37. The average Bonchev–Trinajstić information content (AvgIpc) is 2.56. The predicted octanol–water partition coefficient (Wildman–Crippen LogP) is 2.64. The van der Waals surface area contributed by atoms with Crippen molar-refractivity contribution in [1.82, 2.24) is 0 Å². The molecule has 8 heteroatoms. The van der Waals surface area contributed by atoms with Gasteiger partial charge in [-0.15, -0.1) is 0 Å². The van der Waals surface area contributed by atoms with Crippen LogP contribution in [0.3, 0.4) is 0 Å². The van der Waals surface area contributed by atoms with E-state index in [-0.39, 0.29) is 10.6 Å². The van der Waals surface area contributed by atoms with Crippen LogP contribution in [-0.4, -0.2) is 33.8 Å². The number of carbonyl (C=O) groups excluding carboxylic acids is 1. The lowest BCUT2D eigenvalue weighted by atomic mass is 10.2. The van der Waals surface area contributed by atoms with Gasteiger partial charge in [-0.1, -0.05) is 0 Å². The summed E-state index contributed by atoms with van der Waals surface area (Å²) in [5.41, 5.74) is -0.224. The fraction of sp³-hybridized carbons (Fsp3) is 0.235. The Bertz CT molecular complexity index is 865. The molecule has 0 fully saturated rings. The molecule has 2 rings (SSSR count). The molecular formula is C17H18FNO5S. The van der Waals surface area contributed by atoms with Gasteiger partial charge in [-0.3, -0.25) is 4.79 Å². The maximum Gasteiger partial charge on any atom is 0.265 e. The smallest absolute Gasteiger partial charge is 0.265 e. The maximum absolute atomic E-state index is 13.8. The lowest BCUT2D eigenvalue weighted by molar-refractivity contribution is -0.122. The zero-order valence-corrected chi connectivity index (χ0v) is 14.8. The summed E-state index contributed by atoms with van der Waals surface area (Å²) in [6, 6.07) is 9.81. The zero-order chi connectivity index (χ0) is 18.6. The number of anilines is 1. The van der Waals surface area contributed by atoms with Gasteiger partial charge in [0.1, 0.15) is 17.3 Å². The van der Waals surface area contributed by atoms with Crippen LogP contribution in [0.2, 0.25) is 0 Å². The van der Waals surface area contributed by atoms with E-state index in [9.17, 15) is 17.6 Å². The van der Waals surface area contributed by atoms with E-state index >= 15 is 0 Å². The summed E-state index contributed by atoms with van der Waals surface area (Å²) in [6.07, 6.45) is 0.0797. The van der Waals surface area contributed by atoms with Crippen LogP contribution >= 0.6 is 0 Å². The lowest BCUT2D eigenvalue weighted by Crippen LogP contribution is -2.30. The second kappa shape index (κ2) is 7.52. The normalized spacial score (nSPS) is 12.3. The minimum absolute atomic E-state index is 0.0899. The number of ether oxygens (including phenoxy) is 2. The molecule has 134 valence electrons. The van der Waals surface area contributed by atoms with Crippen LogP contribution in [0.4, 0.5) is 10.1 Å². The topological polar surface area (TPSA) is 81.7 Å². The number of sulfone groups is 1. The van der Waals surface area contributed by atoms with Gasteiger partial charge in [-0.2, -0.15) is 0 Å². The third-order valence-corrected chi connectivity index (χ3v) is 4.48. The summed E-state index contributed by atoms with van der Waals surface area (Å²) < 4.78 is 47.4. The summed E-state index contributed by atoms with van der Waals surface area (Å²) in [7, 11) is -1.98. The zero-order valence-electron chi connectivity index (χ0n) is 13.9. The molecule has 6 nitrogen and oxygen atoms in total. The Morgan fingerprint density at radius 3 is 2.28 bits per heavy atom. The first-order valence-electron chi connectivity index (χ1n) is 7.32. The van der Waals surface area contributed by atoms with Crippen molar-refractivity contribution in [1.29, 1.82) is 0 Å². The van der Waals surface area contributed by atoms with Crippen molar-refractivity contribution >= 4 is 21.4 Å². The van der Waals surface area contributed by atoms with Crippen molar-refractivity contribution in [2.24, 2.45) is 0 Å². The van der Waals surface area contributed by atoms with Crippen molar-refractivity contribution in [2.75, 3.05) is 18.7 Å². The van der Waals surface area contributed by atoms with Gasteiger partial charge in [0, 0.05) is 6.26 Å². The number of benzene rings is 2. The van der Waals surface area contributed by atoms with E-state index in [1.54, 1.807) is 24.3 Å². The molecule has 0 saturated heterocycles. The quantitative estimate of drug-likeness (QED) is 0.794. The van der Waals surface area contributed by atoms with Gasteiger partial charge in [0.05, 0.1) is 17.7 Å². The number of methoxy groups -OCH3 is 1. The number of amides is 1. The SMILES string of the molecule is COc1ccc(OC(C)C(=O)Nc2cc(S(C)(=O)=O)ccc2F)cc1. The van der Waals surface area contributed by atoms with Crippen molar-refractivity contribution in [3.8, 4) is 11.5 Å². The number of hydrogen-bond acceptors (Lipinski definition) is 5. The minimum atomic E-state index is -3.51. The number of rotatable bonds is 6. The third kappa shape index (κ3) is 4.93. The van der Waals surface area contributed by atoms with Gasteiger partial charge >= 0.3 is 0 Å². The first kappa shape index (κ1) is 18.7. The Morgan fingerprint density at radius 1 is 1.12 bits per heavy atom. The van der Waals surface area contributed by atoms with Crippen LogP contribution in [0, 0.1) is 5.82 Å². The Labute approximate surface area is 145 Å². The van der Waals surface area contributed by atoms with E-state index in [4.69, 9.17) is 9.47 Å². The number of carbonyl (C=O) groups is 1. The van der Waals surface area contributed by atoms with Gasteiger partial charge in [0.2, 0.25) is 0 Å². The van der Waals surface area contributed by atoms with Crippen LogP contribution in [0.1, 0.15) is 6.92 Å². The fourth-order valence-corrected chi connectivity index (χ4v) is 2.62. The fourth-order valence-electron chi connectivity index (χ4n) is 1.98. The van der Waals surface area contributed by atoms with Crippen LogP contribution in [-0.2, 0) is 14.6 Å². The van der Waals surface area contributed by atoms with Gasteiger partial charge < -0.3 is 14.8 Å². The molecule has 1 unspecified atom stereocenters. The molecule has 1 atom stereocenters. The number of nitrogens with one attached hydrogen (secondary N) is 1. The molecule has 2 aromatic rings. The Balaban J connectivity index is 2.10. The molecule has 25 heavy (non-hydrogen) atoms. The van der Waals surface area contributed by atoms with Gasteiger partial charge in [-0.25, -0.2) is 12.8 Å². The van der Waals surface area contributed by atoms with Crippen molar-refractivity contribution in [2.45, 2.75) is 17.9 Å². The Hall–Kier alpha value is -2.61. The maximum atomic E-state index is 13.8. The lowest BCUT2D eigenvalue weighted by Gasteiger charge is -2.15. The van der Waals surface area contributed by atoms with E-state index in [1.807, 2.05) is 0 Å². The van der Waals surface area contributed by atoms with Crippen LogP contribution in [0.15, 0.2) is 47.4 Å². The molecule has 0 aliphatic rings. The largest absolute Gasteiger partial charge is 0.497 e. The summed E-state index contributed by atoms with van der Waals surface area (Å²) in [6.45, 7) is 1.50. The summed E-state index contributed by atoms with van der Waals surface area (Å²) in [4.78, 5) is 12.1. The van der Waals surface area contributed by atoms with Crippen LogP contribution in [0.25, 0.3) is 0 Å². The number of hydrogen-bond donors (Lipinski definition) is 1. The number of halogens is 1. The van der Waals surface area contributed by atoms with E-state index in [2.05, 4.69) is 5.32 Å². The van der Waals surface area contributed by atoms with Crippen LogP contribution in [0.5, 0.6) is 11.5 Å². The molecule has 1 N–H and O–H groups in total. The van der Waals surface area contributed by atoms with Crippen molar-refractivity contribution in [3.05, 3.63) is 48.3 Å². The molecule has 0 saturated carbocycles. The molecular weight excluding hydrogens is 349 g/mol. The van der Waals surface area contributed by atoms with Gasteiger partial charge in [0.25, 0.3) is 5.91 Å². The highest BCUT2D eigenvalue weighted by atomic mass is 32.2. The summed E-state index contributed by atoms with van der Waals surface area (Å²) in [5, 5.41) is 2.34. The van der Waals surface area contributed by atoms with E-state index in [1.165, 1.54) is 14.0 Å². The molecule has 0 aromatic heterocycles. The van der Waals surface area contributed by atoms with E-state index < -0.39 is 27.7 Å². The van der Waals surface area contributed by atoms with Crippen LogP contribution < -0.4 is 14.8 Å². The monoisotopic (exact) mass is 367 g/mol. The summed E-state index contributed by atoms with van der Waals surface area (Å²) >= 11 is 0. The molecule has 0 radical (unpaired) electrons. The highest BCUT2D eigenvalue weighted by molar-refractivity contribution is 7.90. The van der Waals surface area contributed by atoms with Crippen molar-refractivity contribution in [3.63, 3.8) is 0 Å². The second-order valence-electron chi connectivity index (χ2n) is 5.34. The predicted molar refractivity (Wildman–Crippen MR) is 91.2 cm³/mol. The minimum Gasteiger partial charge on any atom is -0.497 e. The Kier molecular flexibility index (Phi) is 5.63. The second-order valence-corrected chi connectivity index (χ2v) is 7.35. The molecule has 1 amide bonds. The van der Waals surface area contributed by atoms with E-state index in [0.29, 0.717) is 11.5 Å². The van der Waals surface area contributed by atoms with Crippen molar-refractivity contribution < 1.29 is 27.1 Å². The highest BCUT2D eigenvalue weighted by Gasteiger charge is 2.18. The summed E-state index contributed by atoms with van der Waals surface area (Å²) in [5.74, 6) is -0.268. The Morgan fingerprint density at radius 2 is 1.72 bits per heavy atom. The molecule has 2 aromatic carbocycles. The van der Waals surface area contributed by atoms with Gasteiger partial charge in [0.15, 0.2) is 15.9 Å². The van der Waals surface area contributed by atoms with Gasteiger partial charge in [-0.05, 0) is 49.4 Å². The first-order valence-corrected chi connectivity index (χ1v) is 9.21. The molecule has 0 bridgehead atoms. The standard InChI is InChI=1S/C17H18FNO5S/c1-11(24-13-6-4-12(23-2)5-7-13)17(20)19-16-10-14(25(3,21)22)8-9-15(16)18/h4-11H,1-3H3,(H,19,20). The van der Waals surface area contributed by atoms with E-state index in [0.717, 1.165) is 24.5 Å². The molecule has 0 heterocycles.